The summed E-state index contributed by atoms with van der Waals surface area (Å²) in [6, 6.07) is 7.07. The molecule has 0 aliphatic carbocycles. The number of ether oxygens (including phenoxy) is 1. The third-order valence-electron chi connectivity index (χ3n) is 4.96. The summed E-state index contributed by atoms with van der Waals surface area (Å²) in [5, 5.41) is 6.36. The number of rotatable bonds is 5. The van der Waals surface area contributed by atoms with Gasteiger partial charge in [-0.15, -0.1) is 0 Å². The smallest absolute Gasteiger partial charge is 0.233 e. The van der Waals surface area contributed by atoms with Crippen LogP contribution in [-0.2, 0) is 17.8 Å². The molecule has 132 valence electrons. The molecule has 5 nitrogen and oxygen atoms in total. The van der Waals surface area contributed by atoms with Crippen molar-refractivity contribution in [2.75, 3.05) is 26.7 Å². The summed E-state index contributed by atoms with van der Waals surface area (Å²) in [6.45, 7) is 7.65. The monoisotopic (exact) mass is 331 g/mol. The fraction of sp³-hybridized carbons (Fsp3) is 0.632. The first kappa shape index (κ1) is 17.2. The van der Waals surface area contributed by atoms with Crippen LogP contribution in [0.2, 0.25) is 0 Å². The zero-order chi connectivity index (χ0) is 17.2. The molecular weight excluding hydrogens is 302 g/mol. The van der Waals surface area contributed by atoms with Gasteiger partial charge in [0.25, 0.3) is 0 Å². The molecule has 1 fully saturated rings. The van der Waals surface area contributed by atoms with Gasteiger partial charge in [0.2, 0.25) is 5.91 Å². The number of piperidine rings is 1. The summed E-state index contributed by atoms with van der Waals surface area (Å²) in [5.74, 6) is 1.14. The van der Waals surface area contributed by atoms with Gasteiger partial charge in [-0.25, -0.2) is 0 Å². The number of amides is 1. The first-order chi connectivity index (χ1) is 11.4. The van der Waals surface area contributed by atoms with Crippen LogP contribution in [0.25, 0.3) is 0 Å². The topological polar surface area (TPSA) is 53.6 Å². The van der Waals surface area contributed by atoms with Crippen molar-refractivity contribution in [2.24, 2.45) is 0 Å². The van der Waals surface area contributed by atoms with E-state index in [1.54, 1.807) is 7.05 Å². The van der Waals surface area contributed by atoms with Crippen molar-refractivity contribution in [1.82, 2.24) is 15.5 Å². The number of benzene rings is 1. The fourth-order valence-electron chi connectivity index (χ4n) is 3.61. The van der Waals surface area contributed by atoms with Crippen LogP contribution in [0.5, 0.6) is 5.75 Å². The van der Waals surface area contributed by atoms with Gasteiger partial charge in [-0.1, -0.05) is 12.1 Å². The largest absolute Gasteiger partial charge is 0.487 e. The summed E-state index contributed by atoms with van der Waals surface area (Å²) >= 11 is 0. The number of hydrogen-bond donors (Lipinski definition) is 2. The number of likely N-dealkylation sites (N-methyl/N-ethyl adjacent to an activating group) is 1. The molecule has 0 unspecified atom stereocenters. The molecule has 2 heterocycles. The molecule has 1 amide bonds. The highest BCUT2D eigenvalue weighted by Gasteiger charge is 2.30. The summed E-state index contributed by atoms with van der Waals surface area (Å²) in [6.07, 6.45) is 3.17. The SMILES string of the molecule is CNC(=O)CN1CCC(NCc2ccc3c(c2)CC(C)(C)O3)CC1. The van der Waals surface area contributed by atoms with Crippen LogP contribution in [0, 0.1) is 0 Å². The minimum Gasteiger partial charge on any atom is -0.487 e. The molecule has 0 saturated carbocycles. The molecule has 24 heavy (non-hydrogen) atoms. The van der Waals surface area contributed by atoms with Crippen molar-refractivity contribution in [3.63, 3.8) is 0 Å². The van der Waals surface area contributed by atoms with Crippen LogP contribution in [0.15, 0.2) is 18.2 Å². The zero-order valence-electron chi connectivity index (χ0n) is 15.0. The minimum absolute atomic E-state index is 0.0774. The van der Waals surface area contributed by atoms with Gasteiger partial charge in [0.15, 0.2) is 0 Å². The lowest BCUT2D eigenvalue weighted by Gasteiger charge is -2.31. The van der Waals surface area contributed by atoms with Crippen molar-refractivity contribution in [1.29, 1.82) is 0 Å². The molecular formula is C19H29N3O2. The van der Waals surface area contributed by atoms with E-state index >= 15 is 0 Å². The van der Waals surface area contributed by atoms with E-state index in [-0.39, 0.29) is 11.5 Å². The zero-order valence-corrected chi connectivity index (χ0v) is 15.0. The molecule has 0 radical (unpaired) electrons. The Hall–Kier alpha value is -1.59. The van der Waals surface area contributed by atoms with Gasteiger partial charge in [-0.05, 0) is 43.9 Å². The van der Waals surface area contributed by atoms with Crippen molar-refractivity contribution in [2.45, 2.75) is 51.3 Å². The molecule has 3 rings (SSSR count). The third-order valence-corrected chi connectivity index (χ3v) is 4.96. The van der Waals surface area contributed by atoms with E-state index in [0.717, 1.165) is 44.6 Å². The molecule has 0 spiro atoms. The second-order valence-electron chi connectivity index (χ2n) is 7.59. The van der Waals surface area contributed by atoms with E-state index in [0.29, 0.717) is 12.6 Å². The van der Waals surface area contributed by atoms with Crippen molar-refractivity contribution in [3.05, 3.63) is 29.3 Å². The van der Waals surface area contributed by atoms with Gasteiger partial charge in [0, 0.05) is 39.1 Å². The fourth-order valence-corrected chi connectivity index (χ4v) is 3.61. The summed E-state index contributed by atoms with van der Waals surface area (Å²) < 4.78 is 5.94. The predicted molar refractivity (Wildman–Crippen MR) is 95.2 cm³/mol. The molecule has 0 aromatic heterocycles. The number of carbonyl (C=O) groups excluding carboxylic acids is 1. The summed E-state index contributed by atoms with van der Waals surface area (Å²) in [4.78, 5) is 13.7. The quantitative estimate of drug-likeness (QED) is 0.862. The van der Waals surface area contributed by atoms with Crippen molar-refractivity contribution < 1.29 is 9.53 Å². The Morgan fingerprint density at radius 2 is 2.08 bits per heavy atom. The average molecular weight is 331 g/mol. The highest BCUT2D eigenvalue weighted by atomic mass is 16.5. The average Bonchev–Trinajstić information content (AvgIpc) is 2.87. The molecule has 0 bridgehead atoms. The highest BCUT2D eigenvalue weighted by Crippen LogP contribution is 2.35. The number of carbonyl (C=O) groups is 1. The van der Waals surface area contributed by atoms with Crippen LogP contribution >= 0.6 is 0 Å². The molecule has 5 heteroatoms. The maximum atomic E-state index is 11.4. The number of likely N-dealkylation sites (tertiary alicyclic amines) is 1. The Morgan fingerprint density at radius 3 is 2.79 bits per heavy atom. The molecule has 1 aromatic carbocycles. The van der Waals surface area contributed by atoms with E-state index in [1.807, 2.05) is 0 Å². The van der Waals surface area contributed by atoms with E-state index < -0.39 is 0 Å². The second-order valence-corrected chi connectivity index (χ2v) is 7.59. The van der Waals surface area contributed by atoms with E-state index in [2.05, 4.69) is 47.6 Å². The maximum absolute atomic E-state index is 11.4. The van der Waals surface area contributed by atoms with Gasteiger partial charge in [-0.2, -0.15) is 0 Å². The lowest BCUT2D eigenvalue weighted by Crippen LogP contribution is -2.45. The van der Waals surface area contributed by atoms with E-state index in [1.165, 1.54) is 11.1 Å². The molecule has 1 saturated heterocycles. The summed E-state index contributed by atoms with van der Waals surface area (Å²) in [7, 11) is 1.69. The standard InChI is InChI=1S/C19H29N3O2/c1-19(2)11-15-10-14(4-5-17(15)24-19)12-21-16-6-8-22(9-7-16)13-18(23)20-3/h4-5,10,16,21H,6-9,11-13H2,1-3H3,(H,20,23). The van der Waals surface area contributed by atoms with E-state index in [4.69, 9.17) is 4.74 Å². The Kier molecular flexibility index (Phi) is 5.11. The van der Waals surface area contributed by atoms with Crippen LogP contribution < -0.4 is 15.4 Å². The minimum atomic E-state index is -0.0774. The van der Waals surface area contributed by atoms with Gasteiger partial charge in [-0.3, -0.25) is 9.69 Å². The van der Waals surface area contributed by atoms with Crippen LogP contribution in [0.1, 0.15) is 37.8 Å². The lowest BCUT2D eigenvalue weighted by molar-refractivity contribution is -0.122. The maximum Gasteiger partial charge on any atom is 0.233 e. The van der Waals surface area contributed by atoms with Crippen LogP contribution in [-0.4, -0.2) is 49.1 Å². The first-order valence-corrected chi connectivity index (χ1v) is 8.92. The highest BCUT2D eigenvalue weighted by molar-refractivity contribution is 5.77. The number of hydrogen-bond acceptors (Lipinski definition) is 4. The third kappa shape index (κ3) is 4.28. The molecule has 1 aromatic rings. The number of nitrogens with zero attached hydrogens (tertiary/aromatic N) is 1. The predicted octanol–water partition coefficient (Wildman–Crippen LogP) is 1.70. The molecule has 2 N–H and O–H groups in total. The lowest BCUT2D eigenvalue weighted by atomic mass is 10.00. The van der Waals surface area contributed by atoms with Crippen LogP contribution in [0.4, 0.5) is 0 Å². The Bertz CT molecular complexity index is 592. The van der Waals surface area contributed by atoms with Gasteiger partial charge in [0.05, 0.1) is 6.54 Å². The molecule has 2 aliphatic rings. The van der Waals surface area contributed by atoms with Gasteiger partial charge >= 0.3 is 0 Å². The van der Waals surface area contributed by atoms with E-state index in [9.17, 15) is 4.79 Å². The molecule has 0 atom stereocenters. The van der Waals surface area contributed by atoms with Gasteiger partial charge in [0.1, 0.15) is 11.4 Å². The Morgan fingerprint density at radius 1 is 1.33 bits per heavy atom. The number of nitrogens with one attached hydrogen (secondary N) is 2. The normalized spacial score (nSPS) is 20.5. The van der Waals surface area contributed by atoms with Crippen molar-refractivity contribution in [3.8, 4) is 5.75 Å². The van der Waals surface area contributed by atoms with Gasteiger partial charge < -0.3 is 15.4 Å². The first-order valence-electron chi connectivity index (χ1n) is 8.92. The van der Waals surface area contributed by atoms with Crippen molar-refractivity contribution >= 4 is 5.91 Å². The number of fused-ring (bicyclic) bond motifs is 1. The molecule has 2 aliphatic heterocycles. The summed E-state index contributed by atoms with van der Waals surface area (Å²) in [5.41, 5.74) is 2.56. The Labute approximate surface area is 144 Å². The second kappa shape index (κ2) is 7.11. The van der Waals surface area contributed by atoms with Crippen LogP contribution in [0.3, 0.4) is 0 Å². The Balaban J connectivity index is 1.45.